The van der Waals surface area contributed by atoms with Crippen LogP contribution in [-0.4, -0.2) is 14.7 Å². The van der Waals surface area contributed by atoms with Crippen LogP contribution in [0.5, 0.6) is 0 Å². The number of hydrogen-bond donors (Lipinski definition) is 1. The van der Waals surface area contributed by atoms with Gasteiger partial charge in [-0.05, 0) is 5.56 Å². The van der Waals surface area contributed by atoms with Gasteiger partial charge in [0.2, 0.25) is 0 Å². The Hall–Kier alpha value is -1.85. The monoisotopic (exact) mass is 468 g/mol. The Labute approximate surface area is 174 Å². The largest absolute Gasteiger partial charge is 2.00 e. The third-order valence-corrected chi connectivity index (χ3v) is 4.19. The number of benzene rings is 3. The van der Waals surface area contributed by atoms with Crippen molar-refractivity contribution in [3.8, 4) is 0 Å². The third-order valence-electron chi connectivity index (χ3n) is 3.58. The van der Waals surface area contributed by atoms with E-state index in [0.29, 0.717) is 0 Å². The molecule has 0 radical (unpaired) electrons. The minimum atomic E-state index is -3.48. The standard InChI is InChI=1S/C15H17N2O2S.C6H5.Ru/c1-20(18,19)17-15(13-10-6-3-7-11-13)14(16)12-8-4-2-5-9-12;1-2-4-6-5-3-1;/h2-11,14-15H,16H2,1H3;1-5H;/q2*-1;+2. The van der Waals surface area contributed by atoms with Crippen LogP contribution >= 0.6 is 0 Å². The van der Waals surface area contributed by atoms with Gasteiger partial charge in [-0.15, -0.1) is 0 Å². The van der Waals surface area contributed by atoms with Crippen molar-refractivity contribution in [2.45, 2.75) is 12.1 Å². The summed E-state index contributed by atoms with van der Waals surface area (Å²) in [6.07, 6.45) is 1.08. The van der Waals surface area contributed by atoms with E-state index in [9.17, 15) is 8.42 Å². The maximum atomic E-state index is 11.5. The van der Waals surface area contributed by atoms with Gasteiger partial charge in [0.1, 0.15) is 0 Å². The van der Waals surface area contributed by atoms with Gasteiger partial charge in [-0.25, -0.2) is 8.42 Å². The van der Waals surface area contributed by atoms with Crippen LogP contribution in [0.3, 0.4) is 0 Å². The van der Waals surface area contributed by atoms with Crippen molar-refractivity contribution in [1.82, 2.24) is 0 Å². The molecule has 3 aromatic carbocycles. The maximum absolute atomic E-state index is 11.5. The zero-order chi connectivity index (χ0) is 18.8. The van der Waals surface area contributed by atoms with Crippen LogP contribution in [0, 0.1) is 6.07 Å². The molecule has 0 spiro atoms. The van der Waals surface area contributed by atoms with Crippen molar-refractivity contribution in [2.75, 3.05) is 6.26 Å². The zero-order valence-corrected chi connectivity index (χ0v) is 17.5. The zero-order valence-electron chi connectivity index (χ0n) is 14.9. The SMILES string of the molecule is CS(=O)(=O)[N-]C(c1ccccc1)C(N)c1ccccc1.[Ru+2].[c-]1ccccc1. The van der Waals surface area contributed by atoms with Crippen molar-refractivity contribution in [3.05, 3.63) is 113 Å². The van der Waals surface area contributed by atoms with Gasteiger partial charge in [0.15, 0.2) is 0 Å². The van der Waals surface area contributed by atoms with E-state index in [-0.39, 0.29) is 19.5 Å². The van der Waals surface area contributed by atoms with E-state index in [1.807, 2.05) is 91.0 Å². The molecule has 0 aliphatic carbocycles. The molecule has 0 amide bonds. The maximum Gasteiger partial charge on any atom is 2.00 e. The van der Waals surface area contributed by atoms with E-state index in [1.54, 1.807) is 0 Å². The molecule has 2 unspecified atom stereocenters. The second-order valence-corrected chi connectivity index (χ2v) is 7.38. The molecule has 2 N–H and O–H groups in total. The Morgan fingerprint density at radius 2 is 1.26 bits per heavy atom. The molecule has 3 aromatic rings. The molecule has 0 heterocycles. The van der Waals surface area contributed by atoms with Crippen LogP contribution in [0.1, 0.15) is 23.2 Å². The van der Waals surface area contributed by atoms with Gasteiger partial charge in [0.25, 0.3) is 0 Å². The van der Waals surface area contributed by atoms with Crippen molar-refractivity contribution in [3.63, 3.8) is 0 Å². The molecule has 0 saturated heterocycles. The van der Waals surface area contributed by atoms with E-state index >= 15 is 0 Å². The average Bonchev–Trinajstić information content (AvgIpc) is 2.68. The summed E-state index contributed by atoms with van der Waals surface area (Å²) in [4.78, 5) is 0. The quantitative estimate of drug-likeness (QED) is 0.450. The minimum absolute atomic E-state index is 0. The van der Waals surface area contributed by atoms with Crippen LogP contribution in [0.25, 0.3) is 4.72 Å². The summed E-state index contributed by atoms with van der Waals surface area (Å²) in [5.74, 6) is 0. The Morgan fingerprint density at radius 1 is 0.815 bits per heavy atom. The summed E-state index contributed by atoms with van der Waals surface area (Å²) in [5, 5.41) is 0. The molecular weight excluding hydrogens is 445 g/mol. The van der Waals surface area contributed by atoms with Crippen molar-refractivity contribution >= 4 is 10.0 Å². The molecule has 0 bridgehead atoms. The van der Waals surface area contributed by atoms with Crippen LogP contribution in [0.2, 0.25) is 0 Å². The predicted molar refractivity (Wildman–Crippen MR) is 106 cm³/mol. The van der Waals surface area contributed by atoms with Crippen LogP contribution in [-0.2, 0) is 29.5 Å². The first-order valence-electron chi connectivity index (χ1n) is 8.16. The Bertz CT molecular complexity index is 834. The molecule has 0 saturated carbocycles. The fourth-order valence-electron chi connectivity index (χ4n) is 2.39. The molecule has 3 rings (SSSR count). The van der Waals surface area contributed by atoms with E-state index in [0.717, 1.165) is 17.4 Å². The van der Waals surface area contributed by atoms with Gasteiger partial charge in [-0.3, -0.25) is 0 Å². The van der Waals surface area contributed by atoms with Gasteiger partial charge in [0.05, 0.1) is 10.0 Å². The van der Waals surface area contributed by atoms with Gasteiger partial charge in [0, 0.05) is 12.3 Å². The van der Waals surface area contributed by atoms with Crippen LogP contribution in [0.4, 0.5) is 0 Å². The summed E-state index contributed by atoms with van der Waals surface area (Å²) in [5.41, 5.74) is 7.86. The van der Waals surface area contributed by atoms with Gasteiger partial charge in [-0.2, -0.15) is 36.4 Å². The number of nitrogens with zero attached hydrogens (tertiary/aromatic N) is 1. The normalized spacial score (nSPS) is 12.7. The van der Waals surface area contributed by atoms with Gasteiger partial charge in [-0.1, -0.05) is 72.3 Å². The Kier molecular flexibility index (Phi) is 10.1. The van der Waals surface area contributed by atoms with E-state index in [4.69, 9.17) is 5.73 Å². The minimum Gasteiger partial charge on any atom is -0.541 e. The summed E-state index contributed by atoms with van der Waals surface area (Å²) < 4.78 is 27.0. The second kappa shape index (κ2) is 11.8. The molecule has 0 aromatic heterocycles. The molecule has 0 aliphatic rings. The molecule has 142 valence electrons. The van der Waals surface area contributed by atoms with Crippen molar-refractivity contribution < 1.29 is 27.9 Å². The molecule has 2 atom stereocenters. The first-order chi connectivity index (χ1) is 12.5. The van der Waals surface area contributed by atoms with Crippen LogP contribution in [0.15, 0.2) is 91.0 Å². The smallest absolute Gasteiger partial charge is 0.541 e. The molecule has 27 heavy (non-hydrogen) atoms. The summed E-state index contributed by atoms with van der Waals surface area (Å²) >= 11 is 0. The second-order valence-electron chi connectivity index (χ2n) is 5.71. The predicted octanol–water partition coefficient (Wildman–Crippen LogP) is 4.25. The first-order valence-corrected chi connectivity index (χ1v) is 10.0. The average molecular weight is 468 g/mol. The topological polar surface area (TPSA) is 74.3 Å². The van der Waals surface area contributed by atoms with Gasteiger partial charge < -0.3 is 10.5 Å². The third kappa shape index (κ3) is 8.59. The Balaban J connectivity index is 0.000000444. The number of nitrogens with two attached hydrogens (primary N) is 1. The fraction of sp³-hybridized carbons (Fsp3) is 0.143. The fourth-order valence-corrected chi connectivity index (χ4v) is 3.06. The summed E-state index contributed by atoms with van der Waals surface area (Å²) in [6, 6.07) is 30.0. The number of sulfonamides is 1. The molecular formula is C21H22N2O2RuS. The molecule has 0 aliphatic heterocycles. The number of rotatable bonds is 5. The van der Waals surface area contributed by atoms with Crippen molar-refractivity contribution in [2.24, 2.45) is 5.73 Å². The first kappa shape index (κ1) is 23.2. The molecule has 0 fully saturated rings. The number of hydrogen-bond acceptors (Lipinski definition) is 3. The van der Waals surface area contributed by atoms with Crippen LogP contribution < -0.4 is 5.73 Å². The summed E-state index contributed by atoms with van der Waals surface area (Å²) in [6.45, 7) is 0. The van der Waals surface area contributed by atoms with E-state index in [1.165, 1.54) is 0 Å². The van der Waals surface area contributed by atoms with E-state index < -0.39 is 22.1 Å². The van der Waals surface area contributed by atoms with Gasteiger partial charge >= 0.3 is 19.5 Å². The molecule has 4 nitrogen and oxygen atoms in total. The van der Waals surface area contributed by atoms with E-state index in [2.05, 4.69) is 10.8 Å². The van der Waals surface area contributed by atoms with Crippen molar-refractivity contribution in [1.29, 1.82) is 0 Å². The molecule has 6 heteroatoms. The Morgan fingerprint density at radius 3 is 1.63 bits per heavy atom. The summed E-state index contributed by atoms with van der Waals surface area (Å²) in [7, 11) is -3.48.